The summed E-state index contributed by atoms with van der Waals surface area (Å²) in [5.41, 5.74) is 6.82. The van der Waals surface area contributed by atoms with Gasteiger partial charge in [-0.25, -0.2) is 9.97 Å². The molecule has 0 radical (unpaired) electrons. The average Bonchev–Trinajstić information content (AvgIpc) is 3.11. The normalized spacial score (nSPS) is 18.4. The predicted molar refractivity (Wildman–Crippen MR) is 196 cm³/mol. The quantitative estimate of drug-likeness (QED) is 0.161. The number of carbonyl (C=O) groups excluding carboxylic acids is 2. The van der Waals surface area contributed by atoms with Gasteiger partial charge in [0, 0.05) is 48.6 Å². The molecule has 4 aromatic rings. The molecule has 0 bridgehead atoms. The molecule has 0 unspecified atom stereocenters. The maximum atomic E-state index is 13.5. The highest BCUT2D eigenvalue weighted by molar-refractivity contribution is 5.98. The van der Waals surface area contributed by atoms with Crippen molar-refractivity contribution in [3.63, 3.8) is 0 Å². The summed E-state index contributed by atoms with van der Waals surface area (Å²) in [6.07, 6.45) is 11.4. The lowest BCUT2D eigenvalue weighted by Gasteiger charge is -2.39. The van der Waals surface area contributed by atoms with Crippen LogP contribution >= 0.6 is 0 Å². The summed E-state index contributed by atoms with van der Waals surface area (Å²) in [6.45, 7) is 6.88. The van der Waals surface area contributed by atoms with Gasteiger partial charge in [-0.1, -0.05) is 87.9 Å². The standard InChI is InChI=1S/C42H48N4O4/c1-4-28-5-11-31(12-6-28)32-17-19-33(20-18-32)36-23-43-39(44-24-36)34-13-7-30(8-14-34)22-38(41(48)46-25-37(26-46)42(49)50)45-40(47)35-15-9-29(10-16-35)21-27(2)3/h7-10,13-20,23-24,27-28,31,37-38H,4-6,11-12,21-22,25-26H2,1-3H3,(H,45,47)(H,49,50)/t28?,31?,38-/m0/s1. The maximum absolute atomic E-state index is 13.5. The Bertz CT molecular complexity index is 1750. The minimum atomic E-state index is -0.917. The summed E-state index contributed by atoms with van der Waals surface area (Å²) in [6, 6.07) is 23.2. The SMILES string of the molecule is CCC1CCC(c2ccc(-c3cnc(-c4ccc(C[C@H](NC(=O)c5ccc(CC(C)C)cc5)C(=O)N5CC(C(=O)O)C5)cc4)nc3)cc2)CC1. The van der Waals surface area contributed by atoms with E-state index in [4.69, 9.17) is 0 Å². The number of carboxylic acids is 1. The van der Waals surface area contributed by atoms with Crippen molar-refractivity contribution in [2.45, 2.75) is 77.7 Å². The third-order valence-electron chi connectivity index (χ3n) is 10.4. The van der Waals surface area contributed by atoms with Crippen LogP contribution in [0.25, 0.3) is 22.5 Å². The first-order valence-electron chi connectivity index (χ1n) is 18.1. The van der Waals surface area contributed by atoms with Crippen LogP contribution in [0.1, 0.15) is 85.8 Å². The van der Waals surface area contributed by atoms with E-state index in [1.807, 2.05) is 48.8 Å². The molecule has 3 aromatic carbocycles. The summed E-state index contributed by atoms with van der Waals surface area (Å²) in [7, 11) is 0. The molecular formula is C42H48N4O4. The molecule has 8 nitrogen and oxygen atoms in total. The molecule has 1 aromatic heterocycles. The van der Waals surface area contributed by atoms with Crippen LogP contribution in [-0.2, 0) is 22.4 Å². The van der Waals surface area contributed by atoms with Crippen molar-refractivity contribution in [1.82, 2.24) is 20.2 Å². The average molecular weight is 673 g/mol. The number of carboxylic acid groups (broad SMARTS) is 1. The molecule has 2 N–H and O–H groups in total. The van der Waals surface area contributed by atoms with Crippen molar-refractivity contribution in [3.05, 3.63) is 107 Å². The lowest BCUT2D eigenvalue weighted by molar-refractivity contribution is -0.153. The topological polar surface area (TPSA) is 112 Å². The van der Waals surface area contributed by atoms with Crippen molar-refractivity contribution in [2.24, 2.45) is 17.8 Å². The van der Waals surface area contributed by atoms with Gasteiger partial charge in [0.05, 0.1) is 5.92 Å². The molecule has 50 heavy (non-hydrogen) atoms. The van der Waals surface area contributed by atoms with Gasteiger partial charge in [0.1, 0.15) is 6.04 Å². The smallest absolute Gasteiger partial charge is 0.310 e. The Hall–Kier alpha value is -4.85. The Morgan fingerprint density at radius 3 is 1.94 bits per heavy atom. The van der Waals surface area contributed by atoms with Crippen molar-refractivity contribution in [1.29, 1.82) is 0 Å². The highest BCUT2D eigenvalue weighted by Gasteiger charge is 2.38. The van der Waals surface area contributed by atoms with Gasteiger partial charge in [-0.15, -0.1) is 0 Å². The fourth-order valence-corrected chi connectivity index (χ4v) is 7.24. The summed E-state index contributed by atoms with van der Waals surface area (Å²) in [5, 5.41) is 12.2. The van der Waals surface area contributed by atoms with E-state index in [0.717, 1.165) is 40.2 Å². The van der Waals surface area contributed by atoms with Crippen molar-refractivity contribution >= 4 is 17.8 Å². The first-order chi connectivity index (χ1) is 24.2. The van der Waals surface area contributed by atoms with E-state index in [1.165, 1.54) is 42.6 Å². The Balaban J connectivity index is 1.10. The fraction of sp³-hybridized carbons (Fsp3) is 0.405. The number of carbonyl (C=O) groups is 3. The summed E-state index contributed by atoms with van der Waals surface area (Å²) in [5.74, 6) is 0.531. The van der Waals surface area contributed by atoms with Crippen LogP contribution < -0.4 is 5.32 Å². The number of nitrogens with one attached hydrogen (secondary N) is 1. The zero-order valence-corrected chi connectivity index (χ0v) is 29.3. The molecule has 1 atom stereocenters. The number of rotatable bonds is 12. The highest BCUT2D eigenvalue weighted by atomic mass is 16.4. The molecular weight excluding hydrogens is 624 g/mol. The number of hydrogen-bond donors (Lipinski definition) is 2. The van der Waals surface area contributed by atoms with Gasteiger partial charge in [0.25, 0.3) is 5.91 Å². The van der Waals surface area contributed by atoms with Gasteiger partial charge < -0.3 is 15.3 Å². The van der Waals surface area contributed by atoms with Crippen molar-refractivity contribution < 1.29 is 19.5 Å². The van der Waals surface area contributed by atoms with Crippen LogP contribution in [0.15, 0.2) is 85.2 Å². The zero-order chi connectivity index (χ0) is 35.2. The van der Waals surface area contributed by atoms with Gasteiger partial charge >= 0.3 is 5.97 Å². The second-order valence-electron chi connectivity index (χ2n) is 14.5. The first-order valence-corrected chi connectivity index (χ1v) is 18.1. The lowest BCUT2D eigenvalue weighted by Crippen LogP contribution is -2.59. The summed E-state index contributed by atoms with van der Waals surface area (Å²) < 4.78 is 0. The Kier molecular flexibility index (Phi) is 11.1. The Morgan fingerprint density at radius 1 is 0.780 bits per heavy atom. The number of hydrogen-bond acceptors (Lipinski definition) is 5. The summed E-state index contributed by atoms with van der Waals surface area (Å²) in [4.78, 5) is 49.0. The number of aromatic nitrogens is 2. The molecule has 1 aliphatic heterocycles. The third kappa shape index (κ3) is 8.47. The molecule has 1 saturated carbocycles. The van der Waals surface area contributed by atoms with Crippen LogP contribution in [0, 0.1) is 17.8 Å². The monoisotopic (exact) mass is 672 g/mol. The van der Waals surface area contributed by atoms with Crippen LogP contribution in [-0.4, -0.2) is 56.9 Å². The molecule has 1 aliphatic carbocycles. The molecule has 2 amide bonds. The fourth-order valence-electron chi connectivity index (χ4n) is 7.24. The molecule has 1 saturated heterocycles. The number of amides is 2. The Morgan fingerprint density at radius 2 is 1.36 bits per heavy atom. The molecule has 2 aliphatic rings. The molecule has 6 rings (SSSR count). The van der Waals surface area contributed by atoms with Crippen LogP contribution in [0.4, 0.5) is 0 Å². The van der Waals surface area contributed by atoms with E-state index >= 15 is 0 Å². The van der Waals surface area contributed by atoms with Crippen LogP contribution in [0.5, 0.6) is 0 Å². The van der Waals surface area contributed by atoms with Crippen LogP contribution in [0.3, 0.4) is 0 Å². The lowest BCUT2D eigenvalue weighted by atomic mass is 9.78. The van der Waals surface area contributed by atoms with Crippen molar-refractivity contribution in [3.8, 4) is 22.5 Å². The maximum Gasteiger partial charge on any atom is 0.310 e. The Labute approximate surface area is 295 Å². The third-order valence-corrected chi connectivity index (χ3v) is 10.4. The summed E-state index contributed by atoms with van der Waals surface area (Å²) >= 11 is 0. The second-order valence-corrected chi connectivity index (χ2v) is 14.5. The molecule has 0 spiro atoms. The molecule has 8 heteroatoms. The predicted octanol–water partition coefficient (Wildman–Crippen LogP) is 7.58. The van der Waals surface area contributed by atoms with Gasteiger partial charge in [0.2, 0.25) is 5.91 Å². The van der Waals surface area contributed by atoms with Gasteiger partial charge in [-0.3, -0.25) is 14.4 Å². The van der Waals surface area contributed by atoms with E-state index in [2.05, 4.69) is 60.3 Å². The van der Waals surface area contributed by atoms with Gasteiger partial charge in [-0.2, -0.15) is 0 Å². The minimum absolute atomic E-state index is 0.140. The van der Waals surface area contributed by atoms with E-state index in [1.54, 1.807) is 12.1 Å². The molecule has 260 valence electrons. The number of benzene rings is 3. The molecule has 2 fully saturated rings. The highest BCUT2D eigenvalue weighted by Crippen LogP contribution is 2.37. The number of aliphatic carboxylic acids is 1. The molecule has 2 heterocycles. The van der Waals surface area contributed by atoms with E-state index in [-0.39, 0.29) is 31.3 Å². The van der Waals surface area contributed by atoms with E-state index in [0.29, 0.717) is 23.2 Å². The van der Waals surface area contributed by atoms with Crippen LogP contribution in [0.2, 0.25) is 0 Å². The second kappa shape index (κ2) is 15.8. The van der Waals surface area contributed by atoms with Crippen molar-refractivity contribution in [2.75, 3.05) is 13.1 Å². The van der Waals surface area contributed by atoms with Gasteiger partial charge in [0.15, 0.2) is 5.82 Å². The first kappa shape index (κ1) is 35.0. The van der Waals surface area contributed by atoms with E-state index < -0.39 is 17.9 Å². The zero-order valence-electron chi connectivity index (χ0n) is 29.3. The minimum Gasteiger partial charge on any atom is -0.481 e. The number of likely N-dealkylation sites (tertiary alicyclic amines) is 1. The van der Waals surface area contributed by atoms with E-state index in [9.17, 15) is 19.5 Å². The number of nitrogens with zero attached hydrogens (tertiary/aromatic N) is 3. The largest absolute Gasteiger partial charge is 0.481 e. The van der Waals surface area contributed by atoms with Gasteiger partial charge in [-0.05, 0) is 84.2 Å².